The quantitative estimate of drug-likeness (QED) is 0.670. The summed E-state index contributed by atoms with van der Waals surface area (Å²) in [5, 5.41) is 14.4. The van der Waals surface area contributed by atoms with Gasteiger partial charge in [-0.2, -0.15) is 0 Å². The van der Waals surface area contributed by atoms with Gasteiger partial charge in [-0.15, -0.1) is 0 Å². The van der Waals surface area contributed by atoms with Gasteiger partial charge in [-0.25, -0.2) is 0 Å². The highest BCUT2D eigenvalue weighted by molar-refractivity contribution is 5.62. The van der Waals surface area contributed by atoms with E-state index in [1.165, 1.54) is 0 Å². The molecular formula is C14H20N2O3. The molecular weight excluding hydrogens is 244 g/mol. The second-order valence-corrected chi connectivity index (χ2v) is 5.16. The Labute approximate surface area is 113 Å². The molecule has 0 amide bonds. The Hall–Kier alpha value is -1.62. The molecule has 5 nitrogen and oxygen atoms in total. The van der Waals surface area contributed by atoms with Gasteiger partial charge in [0.2, 0.25) is 0 Å². The molecule has 1 aliphatic rings. The lowest BCUT2D eigenvalue weighted by Crippen LogP contribution is -2.31. The molecule has 1 aliphatic heterocycles. The SMILES string of the molecule is Cc1ccc(NC(C)C2CCOCC2)c([N+](=O)[O-])c1. The van der Waals surface area contributed by atoms with Crippen molar-refractivity contribution in [1.29, 1.82) is 0 Å². The number of nitro benzene ring substituents is 1. The van der Waals surface area contributed by atoms with Crippen LogP contribution in [0.5, 0.6) is 0 Å². The Morgan fingerprint density at radius 3 is 2.74 bits per heavy atom. The maximum Gasteiger partial charge on any atom is 0.292 e. The van der Waals surface area contributed by atoms with Crippen LogP contribution in [0.1, 0.15) is 25.3 Å². The molecule has 0 aliphatic carbocycles. The largest absolute Gasteiger partial charge is 0.381 e. The van der Waals surface area contributed by atoms with Crippen LogP contribution in [0.15, 0.2) is 18.2 Å². The summed E-state index contributed by atoms with van der Waals surface area (Å²) in [7, 11) is 0. The van der Waals surface area contributed by atoms with Crippen molar-refractivity contribution in [2.75, 3.05) is 18.5 Å². The molecule has 0 saturated carbocycles. The maximum atomic E-state index is 11.1. The van der Waals surface area contributed by atoms with Gasteiger partial charge >= 0.3 is 0 Å². The Kier molecular flexibility index (Phi) is 4.37. The number of nitrogens with one attached hydrogen (secondary N) is 1. The van der Waals surface area contributed by atoms with Crippen LogP contribution in [-0.2, 0) is 4.74 Å². The third-order valence-electron chi connectivity index (χ3n) is 3.71. The highest BCUT2D eigenvalue weighted by atomic mass is 16.6. The lowest BCUT2D eigenvalue weighted by Gasteiger charge is -2.29. The van der Waals surface area contributed by atoms with E-state index in [0.29, 0.717) is 11.6 Å². The number of rotatable bonds is 4. The minimum Gasteiger partial charge on any atom is -0.381 e. The first kappa shape index (κ1) is 13.8. The van der Waals surface area contributed by atoms with Crippen LogP contribution in [0.25, 0.3) is 0 Å². The molecule has 1 aromatic carbocycles. The number of nitro groups is 1. The van der Waals surface area contributed by atoms with E-state index in [2.05, 4.69) is 12.2 Å². The summed E-state index contributed by atoms with van der Waals surface area (Å²) < 4.78 is 5.34. The summed E-state index contributed by atoms with van der Waals surface area (Å²) in [6.45, 7) is 5.51. The number of hydrogen-bond donors (Lipinski definition) is 1. The fourth-order valence-electron chi connectivity index (χ4n) is 2.49. The summed E-state index contributed by atoms with van der Waals surface area (Å²) >= 11 is 0. The monoisotopic (exact) mass is 264 g/mol. The number of hydrogen-bond acceptors (Lipinski definition) is 4. The van der Waals surface area contributed by atoms with Crippen LogP contribution in [-0.4, -0.2) is 24.2 Å². The van der Waals surface area contributed by atoms with Crippen molar-refractivity contribution >= 4 is 11.4 Å². The molecule has 1 saturated heterocycles. The van der Waals surface area contributed by atoms with E-state index in [1.807, 2.05) is 13.0 Å². The highest BCUT2D eigenvalue weighted by Crippen LogP contribution is 2.28. The molecule has 0 bridgehead atoms. The van der Waals surface area contributed by atoms with E-state index in [1.54, 1.807) is 12.1 Å². The summed E-state index contributed by atoms with van der Waals surface area (Å²) in [5.41, 5.74) is 1.66. The third kappa shape index (κ3) is 3.44. The molecule has 1 N–H and O–H groups in total. The summed E-state index contributed by atoms with van der Waals surface area (Å²) in [4.78, 5) is 10.7. The average Bonchev–Trinajstić information content (AvgIpc) is 2.41. The summed E-state index contributed by atoms with van der Waals surface area (Å²) in [6.07, 6.45) is 2.02. The van der Waals surface area contributed by atoms with E-state index in [-0.39, 0.29) is 16.7 Å². The van der Waals surface area contributed by atoms with E-state index in [0.717, 1.165) is 31.6 Å². The molecule has 1 unspecified atom stereocenters. The first-order chi connectivity index (χ1) is 9.08. The minimum atomic E-state index is -0.327. The van der Waals surface area contributed by atoms with Gasteiger partial charge in [0.15, 0.2) is 0 Å². The predicted octanol–water partition coefficient (Wildman–Crippen LogP) is 3.13. The molecule has 1 fully saturated rings. The molecule has 1 atom stereocenters. The van der Waals surface area contributed by atoms with Gasteiger partial charge in [-0.1, -0.05) is 6.07 Å². The maximum absolute atomic E-state index is 11.1. The molecule has 0 radical (unpaired) electrons. The van der Waals surface area contributed by atoms with Crippen LogP contribution in [0, 0.1) is 23.0 Å². The molecule has 2 rings (SSSR count). The first-order valence-corrected chi connectivity index (χ1v) is 6.67. The van der Waals surface area contributed by atoms with Crippen molar-refractivity contribution in [2.45, 2.75) is 32.7 Å². The van der Waals surface area contributed by atoms with Crippen LogP contribution >= 0.6 is 0 Å². The number of nitrogens with zero attached hydrogens (tertiary/aromatic N) is 1. The molecule has 5 heteroatoms. The van der Waals surface area contributed by atoms with Crippen molar-refractivity contribution in [2.24, 2.45) is 5.92 Å². The Balaban J connectivity index is 2.11. The van der Waals surface area contributed by atoms with E-state index >= 15 is 0 Å². The molecule has 0 spiro atoms. The van der Waals surface area contributed by atoms with Crippen LogP contribution < -0.4 is 5.32 Å². The first-order valence-electron chi connectivity index (χ1n) is 6.67. The average molecular weight is 264 g/mol. The van der Waals surface area contributed by atoms with Gasteiger partial charge in [0.1, 0.15) is 5.69 Å². The summed E-state index contributed by atoms with van der Waals surface area (Å²) in [6, 6.07) is 5.51. The second-order valence-electron chi connectivity index (χ2n) is 5.16. The smallest absolute Gasteiger partial charge is 0.292 e. The van der Waals surface area contributed by atoms with E-state index in [9.17, 15) is 10.1 Å². The standard InChI is InChI=1S/C14H20N2O3/c1-10-3-4-13(14(9-10)16(17)18)15-11(2)12-5-7-19-8-6-12/h3-4,9,11-12,15H,5-8H2,1-2H3. The normalized spacial score (nSPS) is 18.0. The van der Waals surface area contributed by atoms with Crippen molar-refractivity contribution < 1.29 is 9.66 Å². The molecule has 1 aromatic rings. The van der Waals surface area contributed by atoms with Gasteiger partial charge in [0.25, 0.3) is 5.69 Å². The second kappa shape index (κ2) is 6.02. The topological polar surface area (TPSA) is 64.4 Å². The minimum absolute atomic E-state index is 0.152. The van der Waals surface area contributed by atoms with Gasteiger partial charge in [0, 0.05) is 25.3 Å². The van der Waals surface area contributed by atoms with E-state index < -0.39 is 0 Å². The zero-order chi connectivity index (χ0) is 13.8. The Morgan fingerprint density at radius 1 is 1.42 bits per heavy atom. The van der Waals surface area contributed by atoms with Gasteiger partial charge in [-0.3, -0.25) is 10.1 Å². The van der Waals surface area contributed by atoms with Crippen LogP contribution in [0.4, 0.5) is 11.4 Å². The Bertz CT molecular complexity index is 456. The number of benzene rings is 1. The van der Waals surface area contributed by atoms with Crippen molar-refractivity contribution in [3.8, 4) is 0 Å². The predicted molar refractivity (Wildman–Crippen MR) is 74.5 cm³/mol. The Morgan fingerprint density at radius 2 is 2.11 bits per heavy atom. The van der Waals surface area contributed by atoms with E-state index in [4.69, 9.17) is 4.74 Å². The number of ether oxygens (including phenoxy) is 1. The fraction of sp³-hybridized carbons (Fsp3) is 0.571. The lowest BCUT2D eigenvalue weighted by atomic mass is 9.92. The number of anilines is 1. The van der Waals surface area contributed by atoms with Crippen molar-refractivity contribution in [3.63, 3.8) is 0 Å². The zero-order valence-electron chi connectivity index (χ0n) is 11.4. The zero-order valence-corrected chi connectivity index (χ0v) is 11.4. The van der Waals surface area contributed by atoms with Crippen LogP contribution in [0.2, 0.25) is 0 Å². The highest BCUT2D eigenvalue weighted by Gasteiger charge is 2.23. The van der Waals surface area contributed by atoms with Gasteiger partial charge in [-0.05, 0) is 44.2 Å². The third-order valence-corrected chi connectivity index (χ3v) is 3.71. The summed E-state index contributed by atoms with van der Waals surface area (Å²) in [5.74, 6) is 0.509. The molecule has 0 aromatic heterocycles. The number of aryl methyl sites for hydroxylation is 1. The molecule has 104 valence electrons. The van der Waals surface area contributed by atoms with Crippen molar-refractivity contribution in [1.82, 2.24) is 0 Å². The van der Waals surface area contributed by atoms with Gasteiger partial charge < -0.3 is 10.1 Å². The lowest BCUT2D eigenvalue weighted by molar-refractivity contribution is -0.384. The van der Waals surface area contributed by atoms with Gasteiger partial charge in [0.05, 0.1) is 4.92 Å². The fourth-order valence-corrected chi connectivity index (χ4v) is 2.49. The molecule has 1 heterocycles. The molecule has 19 heavy (non-hydrogen) atoms. The van der Waals surface area contributed by atoms with Crippen LogP contribution in [0.3, 0.4) is 0 Å². The van der Waals surface area contributed by atoms with Crippen molar-refractivity contribution in [3.05, 3.63) is 33.9 Å².